The number of rotatable bonds is 4. The second-order valence-electron chi connectivity index (χ2n) is 4.33. The molecule has 2 rings (SSSR count). The van der Waals surface area contributed by atoms with E-state index in [1.54, 1.807) is 7.11 Å². The molecule has 0 saturated heterocycles. The molecule has 0 aliphatic heterocycles. The van der Waals surface area contributed by atoms with E-state index in [2.05, 4.69) is 4.98 Å². The highest BCUT2D eigenvalue weighted by atomic mass is 19.1. The van der Waals surface area contributed by atoms with Gasteiger partial charge in [-0.05, 0) is 44.0 Å². The zero-order chi connectivity index (χ0) is 13.1. The minimum absolute atomic E-state index is 0.304. The van der Waals surface area contributed by atoms with Gasteiger partial charge in [-0.2, -0.15) is 0 Å². The first-order chi connectivity index (χ1) is 8.65. The quantitative estimate of drug-likeness (QED) is 0.904. The SMILES string of the molecule is COc1cc(C)nc2c(F)cc(CCCN)cc12. The highest BCUT2D eigenvalue weighted by Crippen LogP contribution is 2.28. The van der Waals surface area contributed by atoms with Crippen molar-refractivity contribution in [2.75, 3.05) is 13.7 Å². The number of nitrogens with two attached hydrogens (primary N) is 1. The van der Waals surface area contributed by atoms with E-state index in [0.29, 0.717) is 17.8 Å². The molecule has 4 heteroatoms. The molecule has 0 spiro atoms. The van der Waals surface area contributed by atoms with Gasteiger partial charge in [0.2, 0.25) is 0 Å². The molecule has 1 heterocycles. The number of hydrogen-bond acceptors (Lipinski definition) is 3. The van der Waals surface area contributed by atoms with Crippen LogP contribution in [0.1, 0.15) is 17.7 Å². The van der Waals surface area contributed by atoms with Crippen molar-refractivity contribution in [1.29, 1.82) is 0 Å². The fourth-order valence-electron chi connectivity index (χ4n) is 2.05. The maximum Gasteiger partial charge on any atom is 0.149 e. The number of aromatic nitrogens is 1. The molecule has 0 bridgehead atoms. The van der Waals surface area contributed by atoms with Crippen LogP contribution in [-0.4, -0.2) is 18.6 Å². The first-order valence-electron chi connectivity index (χ1n) is 5.99. The number of methoxy groups -OCH3 is 1. The van der Waals surface area contributed by atoms with Crippen molar-refractivity contribution in [1.82, 2.24) is 4.98 Å². The summed E-state index contributed by atoms with van der Waals surface area (Å²) in [4.78, 5) is 4.23. The van der Waals surface area contributed by atoms with Gasteiger partial charge in [-0.1, -0.05) is 0 Å². The minimum atomic E-state index is -0.304. The van der Waals surface area contributed by atoms with Crippen molar-refractivity contribution in [2.24, 2.45) is 5.73 Å². The van der Waals surface area contributed by atoms with E-state index in [1.165, 1.54) is 6.07 Å². The Morgan fingerprint density at radius 2 is 2.11 bits per heavy atom. The number of fused-ring (bicyclic) bond motifs is 1. The smallest absolute Gasteiger partial charge is 0.149 e. The molecule has 0 aliphatic rings. The summed E-state index contributed by atoms with van der Waals surface area (Å²) < 4.78 is 19.3. The van der Waals surface area contributed by atoms with E-state index in [-0.39, 0.29) is 5.82 Å². The second-order valence-corrected chi connectivity index (χ2v) is 4.33. The molecule has 0 saturated carbocycles. The molecular weight excluding hydrogens is 231 g/mol. The molecule has 2 aromatic rings. The van der Waals surface area contributed by atoms with E-state index < -0.39 is 0 Å². The Kier molecular flexibility index (Phi) is 3.77. The van der Waals surface area contributed by atoms with Gasteiger partial charge in [-0.3, -0.25) is 0 Å². The van der Waals surface area contributed by atoms with Crippen LogP contribution in [0, 0.1) is 12.7 Å². The van der Waals surface area contributed by atoms with Crippen LogP contribution < -0.4 is 10.5 Å². The fraction of sp³-hybridized carbons (Fsp3) is 0.357. The Hall–Kier alpha value is -1.68. The lowest BCUT2D eigenvalue weighted by molar-refractivity contribution is 0.419. The van der Waals surface area contributed by atoms with Crippen molar-refractivity contribution >= 4 is 10.9 Å². The number of benzene rings is 1. The van der Waals surface area contributed by atoms with Crippen LogP contribution in [0.4, 0.5) is 4.39 Å². The summed E-state index contributed by atoms with van der Waals surface area (Å²) in [5.74, 6) is 0.354. The average molecular weight is 248 g/mol. The highest BCUT2D eigenvalue weighted by Gasteiger charge is 2.10. The molecule has 0 aliphatic carbocycles. The number of ether oxygens (including phenoxy) is 1. The summed E-state index contributed by atoms with van der Waals surface area (Å²) in [5.41, 5.74) is 7.51. The summed E-state index contributed by atoms with van der Waals surface area (Å²) in [6, 6.07) is 5.28. The van der Waals surface area contributed by atoms with Crippen LogP contribution in [0.5, 0.6) is 5.75 Å². The minimum Gasteiger partial charge on any atom is -0.496 e. The van der Waals surface area contributed by atoms with E-state index >= 15 is 0 Å². The van der Waals surface area contributed by atoms with Gasteiger partial charge >= 0.3 is 0 Å². The van der Waals surface area contributed by atoms with Crippen LogP contribution in [0.3, 0.4) is 0 Å². The lowest BCUT2D eigenvalue weighted by Crippen LogP contribution is -2.01. The van der Waals surface area contributed by atoms with Crippen LogP contribution in [0.2, 0.25) is 0 Å². The van der Waals surface area contributed by atoms with Crippen molar-refractivity contribution in [3.63, 3.8) is 0 Å². The monoisotopic (exact) mass is 248 g/mol. The lowest BCUT2D eigenvalue weighted by Gasteiger charge is -2.09. The van der Waals surface area contributed by atoms with Gasteiger partial charge in [-0.25, -0.2) is 9.37 Å². The Balaban J connectivity index is 2.59. The molecule has 0 atom stereocenters. The van der Waals surface area contributed by atoms with Gasteiger partial charge in [0.25, 0.3) is 0 Å². The fourth-order valence-corrected chi connectivity index (χ4v) is 2.05. The Morgan fingerprint density at radius 3 is 2.78 bits per heavy atom. The van der Waals surface area contributed by atoms with Crippen LogP contribution in [-0.2, 0) is 6.42 Å². The molecule has 2 N–H and O–H groups in total. The van der Waals surface area contributed by atoms with Gasteiger partial charge in [-0.15, -0.1) is 0 Å². The number of aryl methyl sites for hydroxylation is 2. The van der Waals surface area contributed by atoms with Crippen molar-refractivity contribution in [3.05, 3.63) is 35.3 Å². The van der Waals surface area contributed by atoms with Crippen LogP contribution in [0.15, 0.2) is 18.2 Å². The number of halogens is 1. The van der Waals surface area contributed by atoms with Gasteiger partial charge in [0.05, 0.1) is 7.11 Å². The standard InChI is InChI=1S/C14H17FN2O/c1-9-6-13(18-2)11-7-10(4-3-5-16)8-12(15)14(11)17-9/h6-8H,3-5,16H2,1-2H3. The van der Waals surface area contributed by atoms with Crippen molar-refractivity contribution in [2.45, 2.75) is 19.8 Å². The zero-order valence-corrected chi connectivity index (χ0v) is 10.7. The van der Waals surface area contributed by atoms with E-state index in [9.17, 15) is 4.39 Å². The van der Waals surface area contributed by atoms with Crippen molar-refractivity contribution in [3.8, 4) is 5.75 Å². The van der Waals surface area contributed by atoms with Crippen LogP contribution in [0.25, 0.3) is 10.9 Å². The third-order valence-corrected chi connectivity index (χ3v) is 2.91. The van der Waals surface area contributed by atoms with Crippen molar-refractivity contribution < 1.29 is 9.13 Å². The summed E-state index contributed by atoms with van der Waals surface area (Å²) in [6.07, 6.45) is 1.60. The number of pyridine rings is 1. The van der Waals surface area contributed by atoms with E-state index in [1.807, 2.05) is 19.1 Å². The second kappa shape index (κ2) is 5.31. The molecule has 96 valence electrons. The molecule has 1 aromatic carbocycles. The topological polar surface area (TPSA) is 48.1 Å². The number of nitrogens with zero attached hydrogens (tertiary/aromatic N) is 1. The zero-order valence-electron chi connectivity index (χ0n) is 10.7. The normalized spacial score (nSPS) is 10.9. The molecule has 1 aromatic heterocycles. The third-order valence-electron chi connectivity index (χ3n) is 2.91. The van der Waals surface area contributed by atoms with E-state index in [4.69, 9.17) is 10.5 Å². The third kappa shape index (κ3) is 2.43. The summed E-state index contributed by atoms with van der Waals surface area (Å²) >= 11 is 0. The molecule has 3 nitrogen and oxygen atoms in total. The lowest BCUT2D eigenvalue weighted by atomic mass is 10.0. The molecule has 18 heavy (non-hydrogen) atoms. The maximum atomic E-state index is 14.0. The van der Waals surface area contributed by atoms with Gasteiger partial charge in [0, 0.05) is 17.1 Å². The average Bonchev–Trinajstić information content (AvgIpc) is 2.36. The Labute approximate surface area is 106 Å². The summed E-state index contributed by atoms with van der Waals surface area (Å²) in [6.45, 7) is 2.42. The van der Waals surface area contributed by atoms with E-state index in [0.717, 1.165) is 29.5 Å². The number of hydrogen-bond donors (Lipinski definition) is 1. The summed E-state index contributed by atoms with van der Waals surface area (Å²) in [7, 11) is 1.58. The first-order valence-corrected chi connectivity index (χ1v) is 5.99. The molecule has 0 fully saturated rings. The largest absolute Gasteiger partial charge is 0.496 e. The van der Waals surface area contributed by atoms with Gasteiger partial charge < -0.3 is 10.5 Å². The summed E-state index contributed by atoms with van der Waals surface area (Å²) in [5, 5.41) is 0.718. The van der Waals surface area contributed by atoms with Crippen LogP contribution >= 0.6 is 0 Å². The molecule has 0 unspecified atom stereocenters. The Morgan fingerprint density at radius 1 is 1.33 bits per heavy atom. The van der Waals surface area contributed by atoms with Gasteiger partial charge in [0.15, 0.2) is 0 Å². The molecule has 0 amide bonds. The predicted molar refractivity (Wildman–Crippen MR) is 70.4 cm³/mol. The molecule has 0 radical (unpaired) electrons. The maximum absolute atomic E-state index is 14.0. The first kappa shape index (κ1) is 12.8. The Bertz CT molecular complexity index is 569. The highest BCUT2D eigenvalue weighted by molar-refractivity contribution is 5.86. The predicted octanol–water partition coefficient (Wildman–Crippen LogP) is 2.58. The molecular formula is C14H17FN2O. The van der Waals surface area contributed by atoms with Gasteiger partial charge in [0.1, 0.15) is 17.1 Å².